The Morgan fingerprint density at radius 1 is 1.20 bits per heavy atom. The maximum atomic E-state index is 12.4. The van der Waals surface area contributed by atoms with E-state index in [1.165, 1.54) is 0 Å². The topological polar surface area (TPSA) is 29.5 Å². The fourth-order valence-electron chi connectivity index (χ4n) is 2.26. The third kappa shape index (κ3) is 3.94. The van der Waals surface area contributed by atoms with E-state index in [9.17, 15) is 4.79 Å². The highest BCUT2D eigenvalue weighted by Crippen LogP contribution is 2.17. The lowest BCUT2D eigenvalue weighted by Gasteiger charge is -2.34. The summed E-state index contributed by atoms with van der Waals surface area (Å²) in [6, 6.07) is 7.65. The van der Waals surface area contributed by atoms with Crippen LogP contribution in [0.5, 0.6) is 5.75 Å². The van der Waals surface area contributed by atoms with Gasteiger partial charge in [0, 0.05) is 0 Å². The molecule has 0 spiro atoms. The first kappa shape index (κ1) is 16.4. The Bertz CT molecular complexity index is 456. The summed E-state index contributed by atoms with van der Waals surface area (Å²) in [6.45, 7) is 9.83. The SMILES string of the molecule is CCN(CC)C(C)(C)C(=O)/C=C\c1ccc(OC)cc1. The van der Waals surface area contributed by atoms with E-state index < -0.39 is 5.54 Å². The number of likely N-dealkylation sites (N-methyl/N-ethyl adjacent to an activating group) is 1. The van der Waals surface area contributed by atoms with E-state index in [0.29, 0.717) is 0 Å². The minimum atomic E-state index is -0.466. The van der Waals surface area contributed by atoms with Crippen molar-refractivity contribution in [2.45, 2.75) is 33.2 Å². The number of hydrogen-bond acceptors (Lipinski definition) is 3. The molecule has 0 aliphatic carbocycles. The predicted molar refractivity (Wildman–Crippen MR) is 84.0 cm³/mol. The quantitative estimate of drug-likeness (QED) is 0.714. The van der Waals surface area contributed by atoms with Crippen molar-refractivity contribution in [1.82, 2.24) is 4.90 Å². The molecule has 0 saturated heterocycles. The summed E-state index contributed by atoms with van der Waals surface area (Å²) in [5.41, 5.74) is 0.529. The van der Waals surface area contributed by atoms with Crippen LogP contribution in [0.25, 0.3) is 6.08 Å². The molecule has 0 unspecified atom stereocenters. The van der Waals surface area contributed by atoms with E-state index in [1.54, 1.807) is 13.2 Å². The van der Waals surface area contributed by atoms with Crippen molar-refractivity contribution in [3.8, 4) is 5.75 Å². The number of benzene rings is 1. The molecule has 0 amide bonds. The molecule has 0 saturated carbocycles. The molecule has 0 aliphatic heterocycles. The van der Waals surface area contributed by atoms with E-state index in [0.717, 1.165) is 24.4 Å². The van der Waals surface area contributed by atoms with Gasteiger partial charge in [-0.3, -0.25) is 9.69 Å². The summed E-state index contributed by atoms with van der Waals surface area (Å²) in [5, 5.41) is 0. The number of methoxy groups -OCH3 is 1. The van der Waals surface area contributed by atoms with Crippen LogP contribution in [-0.2, 0) is 4.79 Å². The molecule has 1 rings (SSSR count). The minimum absolute atomic E-state index is 0.122. The lowest BCUT2D eigenvalue weighted by molar-refractivity contribution is -0.124. The smallest absolute Gasteiger partial charge is 0.175 e. The summed E-state index contributed by atoms with van der Waals surface area (Å²) < 4.78 is 5.11. The van der Waals surface area contributed by atoms with Crippen molar-refractivity contribution < 1.29 is 9.53 Å². The second kappa shape index (κ2) is 7.25. The maximum Gasteiger partial charge on any atom is 0.175 e. The molecule has 0 bridgehead atoms. The minimum Gasteiger partial charge on any atom is -0.497 e. The van der Waals surface area contributed by atoms with Crippen LogP contribution in [-0.4, -0.2) is 36.4 Å². The van der Waals surface area contributed by atoms with Gasteiger partial charge in [0.05, 0.1) is 12.6 Å². The average molecular weight is 275 g/mol. The maximum absolute atomic E-state index is 12.4. The zero-order chi connectivity index (χ0) is 15.2. The van der Waals surface area contributed by atoms with Crippen molar-refractivity contribution in [1.29, 1.82) is 0 Å². The molecule has 0 N–H and O–H groups in total. The van der Waals surface area contributed by atoms with Gasteiger partial charge in [0.1, 0.15) is 5.75 Å². The molecule has 0 fully saturated rings. The highest BCUT2D eigenvalue weighted by atomic mass is 16.5. The van der Waals surface area contributed by atoms with Crippen LogP contribution in [0.3, 0.4) is 0 Å². The van der Waals surface area contributed by atoms with Crippen LogP contribution in [0, 0.1) is 0 Å². The Kier molecular flexibility index (Phi) is 5.96. The van der Waals surface area contributed by atoms with Crippen molar-refractivity contribution >= 4 is 11.9 Å². The van der Waals surface area contributed by atoms with E-state index in [2.05, 4.69) is 18.7 Å². The average Bonchev–Trinajstić information content (AvgIpc) is 2.46. The number of ether oxygens (including phenoxy) is 1. The molecule has 20 heavy (non-hydrogen) atoms. The largest absolute Gasteiger partial charge is 0.497 e. The molecule has 1 aromatic carbocycles. The van der Waals surface area contributed by atoms with Crippen LogP contribution in [0.4, 0.5) is 0 Å². The van der Waals surface area contributed by atoms with E-state index in [1.807, 2.05) is 44.2 Å². The highest BCUT2D eigenvalue weighted by molar-refractivity contribution is 6.00. The number of carbonyl (C=O) groups is 1. The van der Waals surface area contributed by atoms with Crippen LogP contribution in [0.1, 0.15) is 33.3 Å². The first-order chi connectivity index (χ1) is 9.45. The van der Waals surface area contributed by atoms with Gasteiger partial charge in [-0.15, -0.1) is 0 Å². The summed E-state index contributed by atoms with van der Waals surface area (Å²) in [7, 11) is 1.64. The van der Waals surface area contributed by atoms with Crippen molar-refractivity contribution in [3.05, 3.63) is 35.9 Å². The van der Waals surface area contributed by atoms with Gasteiger partial charge in [-0.2, -0.15) is 0 Å². The molecule has 0 radical (unpaired) electrons. The van der Waals surface area contributed by atoms with Gasteiger partial charge in [-0.1, -0.05) is 32.1 Å². The van der Waals surface area contributed by atoms with Gasteiger partial charge in [0.25, 0.3) is 0 Å². The summed E-state index contributed by atoms with van der Waals surface area (Å²) in [4.78, 5) is 14.5. The molecule has 0 heterocycles. The van der Waals surface area contributed by atoms with Crippen LogP contribution >= 0.6 is 0 Å². The first-order valence-electron chi connectivity index (χ1n) is 7.07. The molecular formula is C17H25NO2. The van der Waals surface area contributed by atoms with Gasteiger partial charge in [-0.25, -0.2) is 0 Å². The molecule has 0 aliphatic rings. The third-order valence-corrected chi connectivity index (χ3v) is 3.70. The molecule has 0 atom stereocenters. The van der Waals surface area contributed by atoms with Gasteiger partial charge in [0.15, 0.2) is 5.78 Å². The molecule has 3 heteroatoms. The second-order valence-electron chi connectivity index (χ2n) is 5.20. The number of carbonyl (C=O) groups excluding carboxylic acids is 1. The number of nitrogens with zero attached hydrogens (tertiary/aromatic N) is 1. The fraction of sp³-hybridized carbons (Fsp3) is 0.471. The highest BCUT2D eigenvalue weighted by Gasteiger charge is 2.30. The van der Waals surface area contributed by atoms with E-state index in [4.69, 9.17) is 4.74 Å². The van der Waals surface area contributed by atoms with Crippen molar-refractivity contribution in [2.75, 3.05) is 20.2 Å². The Morgan fingerprint density at radius 3 is 2.20 bits per heavy atom. The number of hydrogen-bond donors (Lipinski definition) is 0. The van der Waals surface area contributed by atoms with Gasteiger partial charge < -0.3 is 4.74 Å². The first-order valence-corrected chi connectivity index (χ1v) is 7.07. The molecule has 110 valence electrons. The van der Waals surface area contributed by atoms with E-state index in [-0.39, 0.29) is 5.78 Å². The Labute approximate surface area is 122 Å². The van der Waals surface area contributed by atoms with Crippen LogP contribution in [0.2, 0.25) is 0 Å². The lowest BCUT2D eigenvalue weighted by Crippen LogP contribution is -2.49. The lowest BCUT2D eigenvalue weighted by atomic mass is 9.95. The fourth-order valence-corrected chi connectivity index (χ4v) is 2.26. The summed E-state index contributed by atoms with van der Waals surface area (Å²) in [6.07, 6.45) is 3.52. The van der Waals surface area contributed by atoms with Crippen molar-refractivity contribution in [2.24, 2.45) is 0 Å². The standard InChI is InChI=1S/C17H25NO2/c1-6-18(7-2)17(3,4)16(19)13-10-14-8-11-15(20-5)12-9-14/h8-13H,6-7H2,1-5H3/b13-10-. The second-order valence-corrected chi connectivity index (χ2v) is 5.20. The van der Waals surface area contributed by atoms with Gasteiger partial charge in [0.2, 0.25) is 0 Å². The monoisotopic (exact) mass is 275 g/mol. The summed E-state index contributed by atoms with van der Waals surface area (Å²) in [5.74, 6) is 0.939. The predicted octanol–water partition coefficient (Wildman–Crippen LogP) is 3.40. The van der Waals surface area contributed by atoms with Crippen LogP contribution < -0.4 is 4.74 Å². The van der Waals surface area contributed by atoms with Gasteiger partial charge >= 0.3 is 0 Å². The third-order valence-electron chi connectivity index (χ3n) is 3.70. The molecular weight excluding hydrogens is 250 g/mol. The molecule has 3 nitrogen and oxygen atoms in total. The molecule has 0 aromatic heterocycles. The van der Waals surface area contributed by atoms with E-state index >= 15 is 0 Å². The number of ketones is 1. The zero-order valence-corrected chi connectivity index (χ0v) is 13.1. The Morgan fingerprint density at radius 2 is 1.75 bits per heavy atom. The Hall–Kier alpha value is -1.61. The van der Waals surface area contributed by atoms with Crippen molar-refractivity contribution in [3.63, 3.8) is 0 Å². The summed E-state index contributed by atoms with van der Waals surface area (Å²) >= 11 is 0. The van der Waals surface area contributed by atoms with Crippen LogP contribution in [0.15, 0.2) is 30.3 Å². The normalized spacial score (nSPS) is 12.1. The number of rotatable bonds is 7. The Balaban J connectivity index is 2.80. The zero-order valence-electron chi connectivity index (χ0n) is 13.1. The van der Waals surface area contributed by atoms with Gasteiger partial charge in [-0.05, 0) is 50.7 Å². The molecule has 1 aromatic rings.